The van der Waals surface area contributed by atoms with Crippen LogP contribution >= 0.6 is 11.3 Å². The molecule has 3 atom stereocenters. The van der Waals surface area contributed by atoms with Gasteiger partial charge in [-0.3, -0.25) is 24.2 Å². The predicted molar refractivity (Wildman–Crippen MR) is 138 cm³/mol. The van der Waals surface area contributed by atoms with E-state index >= 15 is 0 Å². The number of thiophene rings is 1. The van der Waals surface area contributed by atoms with Gasteiger partial charge in [0.15, 0.2) is 0 Å². The van der Waals surface area contributed by atoms with Crippen LogP contribution < -0.4 is 5.56 Å². The maximum absolute atomic E-state index is 13.3. The molecular weight excluding hydrogens is 482 g/mol. The van der Waals surface area contributed by atoms with Crippen LogP contribution in [0, 0.1) is 5.92 Å². The fraction of sp³-hybridized carbons (Fsp3) is 0.577. The molecule has 5 heterocycles. The van der Waals surface area contributed by atoms with Crippen molar-refractivity contribution in [1.29, 1.82) is 0 Å². The molecule has 0 aromatic carbocycles. The molecule has 36 heavy (non-hydrogen) atoms. The van der Waals surface area contributed by atoms with Crippen LogP contribution in [0.2, 0.25) is 0 Å². The van der Waals surface area contributed by atoms with E-state index in [2.05, 4.69) is 45.6 Å². The minimum Gasteiger partial charge on any atom is -0.483 e. The molecule has 0 spiro atoms. The van der Waals surface area contributed by atoms with Gasteiger partial charge in [-0.2, -0.15) is 0 Å². The second kappa shape index (κ2) is 13.7. The number of hydrogen-bond donors (Lipinski definition) is 3. The summed E-state index contributed by atoms with van der Waals surface area (Å²) < 4.78 is 2.08. The first kappa shape index (κ1) is 28.0. The topological polar surface area (TPSA) is 123 Å². The molecule has 2 fully saturated rings. The summed E-state index contributed by atoms with van der Waals surface area (Å²) in [7, 11) is 0. The van der Waals surface area contributed by atoms with Crippen LogP contribution in [0.4, 0.5) is 0 Å². The lowest BCUT2D eigenvalue weighted by atomic mass is 9.83. The standard InChI is InChI=1S/C24H33N3O2S.2CH2O2/c1-2-21-6-7-22(30-21)15-25-11-17-10-19(13-25)23-8-5-18(24(29)27(23)12-17)14-26-9-3-4-20(26)16-28;2*2-1-3/h5-8,17,19-20,28H,2-4,9-16H2,1H3;2*1H,(H,2,3)/t17-,19+,20-;;/m0../s1. The first-order chi connectivity index (χ1) is 17.5. The first-order valence-corrected chi connectivity index (χ1v) is 13.3. The number of aryl methyl sites for hydroxylation is 1. The van der Waals surface area contributed by atoms with E-state index in [9.17, 15) is 9.90 Å². The Labute approximate surface area is 215 Å². The third-order valence-corrected chi connectivity index (χ3v) is 8.50. The monoisotopic (exact) mass is 519 g/mol. The van der Waals surface area contributed by atoms with Gasteiger partial charge in [-0.05, 0) is 56.3 Å². The Morgan fingerprint density at radius 1 is 1.03 bits per heavy atom. The van der Waals surface area contributed by atoms with Crippen LogP contribution in [0.3, 0.4) is 0 Å². The van der Waals surface area contributed by atoms with Crippen molar-refractivity contribution in [2.24, 2.45) is 5.92 Å². The van der Waals surface area contributed by atoms with Gasteiger partial charge >= 0.3 is 0 Å². The van der Waals surface area contributed by atoms with E-state index in [-0.39, 0.29) is 31.2 Å². The van der Waals surface area contributed by atoms with Gasteiger partial charge in [0, 0.05) is 65.7 Å². The molecular formula is C26H37N3O6S. The fourth-order valence-electron chi connectivity index (χ4n) is 5.79. The largest absolute Gasteiger partial charge is 0.483 e. The van der Waals surface area contributed by atoms with Crippen molar-refractivity contribution in [2.45, 2.75) is 64.2 Å². The number of aliphatic hydroxyl groups is 1. The molecule has 0 unspecified atom stereocenters. The van der Waals surface area contributed by atoms with Gasteiger partial charge in [0.1, 0.15) is 0 Å². The molecule has 10 heteroatoms. The van der Waals surface area contributed by atoms with Crippen molar-refractivity contribution in [3.8, 4) is 0 Å². The number of carboxylic acid groups (broad SMARTS) is 2. The molecule has 0 radical (unpaired) electrons. The minimum atomic E-state index is -0.250. The number of pyridine rings is 1. The summed E-state index contributed by atoms with van der Waals surface area (Å²) in [6.07, 6.45) is 4.47. The van der Waals surface area contributed by atoms with Gasteiger partial charge in [0.2, 0.25) is 0 Å². The number of rotatable bonds is 6. The summed E-state index contributed by atoms with van der Waals surface area (Å²) in [5, 5.41) is 23.4. The summed E-state index contributed by atoms with van der Waals surface area (Å²) in [4.78, 5) is 37.8. The van der Waals surface area contributed by atoms with Gasteiger partial charge in [0.05, 0.1) is 6.61 Å². The molecule has 2 saturated heterocycles. The summed E-state index contributed by atoms with van der Waals surface area (Å²) in [6, 6.07) is 9.04. The molecule has 3 aliphatic heterocycles. The van der Waals surface area contributed by atoms with Gasteiger partial charge in [0.25, 0.3) is 18.5 Å². The zero-order chi connectivity index (χ0) is 26.1. The first-order valence-electron chi connectivity index (χ1n) is 12.5. The number of carbonyl (C=O) groups is 2. The average molecular weight is 520 g/mol. The van der Waals surface area contributed by atoms with E-state index in [1.165, 1.54) is 21.9 Å². The van der Waals surface area contributed by atoms with Crippen molar-refractivity contribution < 1.29 is 24.9 Å². The molecule has 9 nitrogen and oxygen atoms in total. The second-order valence-corrected chi connectivity index (χ2v) is 10.8. The van der Waals surface area contributed by atoms with Crippen LogP contribution in [0.25, 0.3) is 0 Å². The number of piperidine rings is 1. The normalized spacial score (nSPS) is 23.0. The quantitative estimate of drug-likeness (QED) is 0.498. The zero-order valence-corrected chi connectivity index (χ0v) is 21.6. The fourth-order valence-corrected chi connectivity index (χ4v) is 6.79. The number of hydrogen-bond acceptors (Lipinski definition) is 7. The lowest BCUT2D eigenvalue weighted by Crippen LogP contribution is -2.47. The lowest BCUT2D eigenvalue weighted by Gasteiger charge is -2.43. The second-order valence-electron chi connectivity index (χ2n) is 9.57. The molecule has 3 N–H and O–H groups in total. The zero-order valence-electron chi connectivity index (χ0n) is 20.8. The van der Waals surface area contributed by atoms with E-state index in [0.29, 0.717) is 18.4 Å². The summed E-state index contributed by atoms with van der Waals surface area (Å²) in [6.45, 7) is 7.59. The maximum atomic E-state index is 13.3. The third kappa shape index (κ3) is 6.82. The Kier molecular flexibility index (Phi) is 10.7. The van der Waals surface area contributed by atoms with E-state index in [1.807, 2.05) is 11.3 Å². The highest BCUT2D eigenvalue weighted by Crippen LogP contribution is 2.36. The number of aliphatic hydroxyl groups excluding tert-OH is 1. The highest BCUT2D eigenvalue weighted by molar-refractivity contribution is 7.11. The summed E-state index contributed by atoms with van der Waals surface area (Å²) >= 11 is 1.94. The van der Waals surface area contributed by atoms with Gasteiger partial charge in [-0.15, -0.1) is 11.3 Å². The number of aromatic nitrogens is 1. The van der Waals surface area contributed by atoms with Crippen LogP contribution in [0.1, 0.15) is 53.1 Å². The summed E-state index contributed by atoms with van der Waals surface area (Å²) in [5.41, 5.74) is 2.32. The van der Waals surface area contributed by atoms with Gasteiger partial charge in [-0.1, -0.05) is 13.0 Å². The Morgan fingerprint density at radius 3 is 2.42 bits per heavy atom. The number of nitrogens with zero attached hydrogens (tertiary/aromatic N) is 3. The maximum Gasteiger partial charge on any atom is 0.290 e. The highest BCUT2D eigenvalue weighted by atomic mass is 32.1. The van der Waals surface area contributed by atoms with Gasteiger partial charge in [-0.25, -0.2) is 0 Å². The van der Waals surface area contributed by atoms with Crippen LogP contribution in [-0.4, -0.2) is 74.9 Å². The smallest absolute Gasteiger partial charge is 0.290 e. The van der Waals surface area contributed by atoms with Crippen molar-refractivity contribution >= 4 is 24.3 Å². The Balaban J connectivity index is 0.000000550. The Morgan fingerprint density at radius 2 is 1.75 bits per heavy atom. The van der Waals surface area contributed by atoms with Crippen molar-refractivity contribution in [3.63, 3.8) is 0 Å². The third-order valence-electron chi connectivity index (χ3n) is 7.29. The van der Waals surface area contributed by atoms with E-state index in [0.717, 1.165) is 57.5 Å². The van der Waals surface area contributed by atoms with E-state index < -0.39 is 0 Å². The van der Waals surface area contributed by atoms with Gasteiger partial charge < -0.3 is 19.9 Å². The molecule has 2 aromatic heterocycles. The average Bonchev–Trinajstić information content (AvgIpc) is 3.51. The summed E-state index contributed by atoms with van der Waals surface area (Å²) in [5.74, 6) is 1.02. The van der Waals surface area contributed by atoms with E-state index in [1.54, 1.807) is 0 Å². The van der Waals surface area contributed by atoms with Crippen molar-refractivity contribution in [3.05, 3.63) is 55.6 Å². The molecule has 2 bridgehead atoms. The van der Waals surface area contributed by atoms with Crippen LogP contribution in [0.5, 0.6) is 0 Å². The molecule has 3 aliphatic rings. The molecule has 0 saturated carbocycles. The Hall–Kier alpha value is -2.53. The van der Waals surface area contributed by atoms with Crippen LogP contribution in [-0.2, 0) is 35.6 Å². The van der Waals surface area contributed by atoms with Crippen molar-refractivity contribution in [1.82, 2.24) is 14.4 Å². The molecule has 198 valence electrons. The molecule has 2 aromatic rings. The molecule has 0 aliphatic carbocycles. The van der Waals surface area contributed by atoms with E-state index in [4.69, 9.17) is 19.8 Å². The minimum absolute atomic E-state index is 0.191. The lowest BCUT2D eigenvalue weighted by molar-refractivity contribution is -0.123. The number of likely N-dealkylation sites (tertiary alicyclic amines) is 2. The number of fused-ring (bicyclic) bond motifs is 4. The molecule has 0 amide bonds. The predicted octanol–water partition coefficient (Wildman–Crippen LogP) is 2.45. The van der Waals surface area contributed by atoms with Crippen LogP contribution in [0.15, 0.2) is 29.1 Å². The van der Waals surface area contributed by atoms with Crippen molar-refractivity contribution in [2.75, 3.05) is 26.2 Å². The molecule has 5 rings (SSSR count). The Bertz CT molecular complexity index is 1050. The highest BCUT2D eigenvalue weighted by Gasteiger charge is 2.35. The SMILES string of the molecule is CCc1ccc(CN2C[C@@H]3C[C@H](C2)c2ccc(CN4CCC[C@H]4CO)c(=O)n2C3)s1.O=CO.O=CO.